The van der Waals surface area contributed by atoms with Crippen LogP contribution in [0.15, 0.2) is 42.5 Å². The standard InChI is InChI=1S/C19H22O3/c20-16-8-4-5-9-18(16)22-19-11-10-15(13-17(19)21)12-14-6-2-1-3-7-14/h4-5,8-11,13-14,20-21H,1-3,6-7,12H2. The highest BCUT2D eigenvalue weighted by atomic mass is 16.5. The van der Waals surface area contributed by atoms with Crippen LogP contribution < -0.4 is 4.74 Å². The number of phenolic OH excluding ortho intramolecular Hbond substituents is 2. The Balaban J connectivity index is 1.70. The van der Waals surface area contributed by atoms with Gasteiger partial charge < -0.3 is 14.9 Å². The van der Waals surface area contributed by atoms with E-state index in [-0.39, 0.29) is 11.5 Å². The minimum Gasteiger partial charge on any atom is -0.504 e. The Morgan fingerprint density at radius 1 is 0.864 bits per heavy atom. The predicted molar refractivity (Wildman–Crippen MR) is 86.6 cm³/mol. The van der Waals surface area contributed by atoms with E-state index in [2.05, 4.69) is 0 Å². The Kier molecular flexibility index (Phi) is 4.52. The molecule has 1 aliphatic carbocycles. The summed E-state index contributed by atoms with van der Waals surface area (Å²) in [5, 5.41) is 19.9. The van der Waals surface area contributed by atoms with Crippen molar-refractivity contribution in [3.63, 3.8) is 0 Å². The van der Waals surface area contributed by atoms with Crippen LogP contribution in [0.2, 0.25) is 0 Å². The fourth-order valence-corrected chi connectivity index (χ4v) is 3.16. The zero-order chi connectivity index (χ0) is 15.4. The van der Waals surface area contributed by atoms with Gasteiger partial charge in [-0.1, -0.05) is 50.3 Å². The second kappa shape index (κ2) is 6.73. The summed E-state index contributed by atoms with van der Waals surface area (Å²) < 4.78 is 5.58. The molecule has 2 aromatic rings. The molecule has 3 nitrogen and oxygen atoms in total. The first kappa shape index (κ1) is 14.8. The van der Waals surface area contributed by atoms with Crippen LogP contribution in [-0.2, 0) is 6.42 Å². The van der Waals surface area contributed by atoms with Gasteiger partial charge in [-0.05, 0) is 42.2 Å². The Bertz CT molecular complexity index is 630. The Hall–Kier alpha value is -2.16. The van der Waals surface area contributed by atoms with Gasteiger partial charge in [0.25, 0.3) is 0 Å². The maximum absolute atomic E-state index is 10.2. The van der Waals surface area contributed by atoms with Crippen LogP contribution in [0.5, 0.6) is 23.0 Å². The lowest BCUT2D eigenvalue weighted by atomic mass is 9.85. The third-order valence-electron chi connectivity index (χ3n) is 4.36. The van der Waals surface area contributed by atoms with Crippen molar-refractivity contribution in [2.24, 2.45) is 5.92 Å². The SMILES string of the molecule is Oc1ccccc1Oc1ccc(CC2CCCCC2)cc1O. The van der Waals surface area contributed by atoms with Gasteiger partial charge in [-0.25, -0.2) is 0 Å². The van der Waals surface area contributed by atoms with Crippen molar-refractivity contribution >= 4 is 0 Å². The number of benzene rings is 2. The first-order valence-corrected chi connectivity index (χ1v) is 8.00. The molecule has 0 spiro atoms. The van der Waals surface area contributed by atoms with Crippen molar-refractivity contribution in [2.45, 2.75) is 38.5 Å². The van der Waals surface area contributed by atoms with E-state index in [1.54, 1.807) is 36.4 Å². The third kappa shape index (κ3) is 3.53. The van der Waals surface area contributed by atoms with Gasteiger partial charge in [-0.3, -0.25) is 0 Å². The lowest BCUT2D eigenvalue weighted by Gasteiger charge is -2.21. The molecule has 0 aromatic heterocycles. The summed E-state index contributed by atoms with van der Waals surface area (Å²) in [7, 11) is 0. The maximum Gasteiger partial charge on any atom is 0.169 e. The fraction of sp³-hybridized carbons (Fsp3) is 0.368. The van der Waals surface area contributed by atoms with E-state index < -0.39 is 0 Å². The van der Waals surface area contributed by atoms with Gasteiger partial charge in [-0.15, -0.1) is 0 Å². The van der Waals surface area contributed by atoms with Gasteiger partial charge in [0, 0.05) is 0 Å². The van der Waals surface area contributed by atoms with E-state index in [1.165, 1.54) is 32.1 Å². The zero-order valence-electron chi connectivity index (χ0n) is 12.7. The highest BCUT2D eigenvalue weighted by Crippen LogP contribution is 2.36. The molecule has 0 aliphatic heterocycles. The molecule has 1 fully saturated rings. The molecular weight excluding hydrogens is 276 g/mol. The lowest BCUT2D eigenvalue weighted by Crippen LogP contribution is -2.09. The summed E-state index contributed by atoms with van der Waals surface area (Å²) in [6.07, 6.45) is 7.60. The van der Waals surface area contributed by atoms with E-state index in [0.29, 0.717) is 11.5 Å². The lowest BCUT2D eigenvalue weighted by molar-refractivity contribution is 0.355. The zero-order valence-corrected chi connectivity index (χ0v) is 12.7. The summed E-state index contributed by atoms with van der Waals surface area (Å²) in [6.45, 7) is 0. The Labute approximate surface area is 131 Å². The minimum absolute atomic E-state index is 0.0631. The first-order valence-electron chi connectivity index (χ1n) is 8.00. The third-order valence-corrected chi connectivity index (χ3v) is 4.36. The van der Waals surface area contributed by atoms with Gasteiger partial charge in [0.2, 0.25) is 0 Å². The predicted octanol–water partition coefficient (Wildman–Crippen LogP) is 5.01. The minimum atomic E-state index is 0.0631. The molecule has 0 unspecified atom stereocenters. The van der Waals surface area contributed by atoms with Crippen molar-refractivity contribution in [3.8, 4) is 23.0 Å². The monoisotopic (exact) mass is 298 g/mol. The number of hydrogen-bond acceptors (Lipinski definition) is 3. The van der Waals surface area contributed by atoms with E-state index in [4.69, 9.17) is 4.74 Å². The van der Waals surface area contributed by atoms with Gasteiger partial charge in [0.15, 0.2) is 23.0 Å². The fourth-order valence-electron chi connectivity index (χ4n) is 3.16. The molecule has 0 bridgehead atoms. The van der Waals surface area contributed by atoms with Crippen LogP contribution in [0.25, 0.3) is 0 Å². The number of aromatic hydroxyl groups is 2. The van der Waals surface area contributed by atoms with Crippen LogP contribution >= 0.6 is 0 Å². The summed E-state index contributed by atoms with van der Waals surface area (Å²) >= 11 is 0. The van der Waals surface area contributed by atoms with Gasteiger partial charge >= 0.3 is 0 Å². The second-order valence-corrected chi connectivity index (χ2v) is 6.08. The highest BCUT2D eigenvalue weighted by molar-refractivity contribution is 5.47. The molecule has 1 aliphatic rings. The van der Waals surface area contributed by atoms with E-state index in [0.717, 1.165) is 17.9 Å². The van der Waals surface area contributed by atoms with Gasteiger partial charge in [0.05, 0.1) is 0 Å². The molecule has 2 aromatic carbocycles. The molecule has 3 heteroatoms. The van der Waals surface area contributed by atoms with Crippen LogP contribution in [0.4, 0.5) is 0 Å². The summed E-state index contributed by atoms with van der Waals surface area (Å²) in [5.41, 5.74) is 1.15. The molecule has 22 heavy (non-hydrogen) atoms. The normalized spacial score (nSPS) is 15.6. The van der Waals surface area contributed by atoms with Crippen LogP contribution in [0, 0.1) is 5.92 Å². The number of phenols is 2. The summed E-state index contributed by atoms with van der Waals surface area (Å²) in [4.78, 5) is 0. The Morgan fingerprint density at radius 3 is 2.32 bits per heavy atom. The molecule has 0 saturated heterocycles. The molecule has 3 rings (SSSR count). The molecule has 1 saturated carbocycles. The largest absolute Gasteiger partial charge is 0.504 e. The second-order valence-electron chi connectivity index (χ2n) is 6.08. The number of hydrogen-bond donors (Lipinski definition) is 2. The molecule has 0 amide bonds. The Morgan fingerprint density at radius 2 is 1.59 bits per heavy atom. The van der Waals surface area contributed by atoms with E-state index in [9.17, 15) is 10.2 Å². The molecule has 0 atom stereocenters. The van der Waals surface area contributed by atoms with Crippen LogP contribution in [-0.4, -0.2) is 10.2 Å². The van der Waals surface area contributed by atoms with Crippen molar-refractivity contribution in [1.29, 1.82) is 0 Å². The molecular formula is C19H22O3. The first-order chi connectivity index (χ1) is 10.7. The van der Waals surface area contributed by atoms with Gasteiger partial charge in [0.1, 0.15) is 0 Å². The number of rotatable bonds is 4. The van der Waals surface area contributed by atoms with E-state index >= 15 is 0 Å². The average molecular weight is 298 g/mol. The van der Waals surface area contributed by atoms with Crippen LogP contribution in [0.1, 0.15) is 37.7 Å². The summed E-state index contributed by atoms with van der Waals surface area (Å²) in [6, 6.07) is 12.3. The highest BCUT2D eigenvalue weighted by Gasteiger charge is 2.15. The van der Waals surface area contributed by atoms with Crippen molar-refractivity contribution in [3.05, 3.63) is 48.0 Å². The molecule has 0 heterocycles. The molecule has 0 radical (unpaired) electrons. The van der Waals surface area contributed by atoms with Crippen molar-refractivity contribution in [2.75, 3.05) is 0 Å². The topological polar surface area (TPSA) is 49.7 Å². The molecule has 116 valence electrons. The maximum atomic E-state index is 10.2. The van der Waals surface area contributed by atoms with E-state index in [1.807, 2.05) is 6.07 Å². The summed E-state index contributed by atoms with van der Waals surface area (Å²) in [5.74, 6) is 1.63. The van der Waals surface area contributed by atoms with Crippen molar-refractivity contribution < 1.29 is 14.9 Å². The number of para-hydroxylation sites is 2. The smallest absolute Gasteiger partial charge is 0.169 e. The quantitative estimate of drug-likeness (QED) is 0.834. The van der Waals surface area contributed by atoms with Gasteiger partial charge in [-0.2, -0.15) is 0 Å². The van der Waals surface area contributed by atoms with Crippen molar-refractivity contribution in [1.82, 2.24) is 0 Å². The number of ether oxygens (including phenoxy) is 1. The molecule has 2 N–H and O–H groups in total. The average Bonchev–Trinajstić information content (AvgIpc) is 2.53. The van der Waals surface area contributed by atoms with Crippen LogP contribution in [0.3, 0.4) is 0 Å².